The Morgan fingerprint density at radius 1 is 1.00 bits per heavy atom. The van der Waals surface area contributed by atoms with Gasteiger partial charge in [-0.1, -0.05) is 58.4 Å². The van der Waals surface area contributed by atoms with Gasteiger partial charge in [-0.15, -0.1) is 0 Å². The Labute approximate surface area is 162 Å². The minimum Gasteiger partial charge on any atom is -0.352 e. The average molecular weight is 415 g/mol. The maximum atomic E-state index is 12.3. The summed E-state index contributed by atoms with van der Waals surface area (Å²) in [5, 5.41) is 5.62. The fraction of sp³-hybridized carbons (Fsp3) is 0.238. The van der Waals surface area contributed by atoms with E-state index in [0.29, 0.717) is 0 Å². The summed E-state index contributed by atoms with van der Waals surface area (Å²) in [5.41, 5.74) is 2.08. The molecule has 0 bridgehead atoms. The van der Waals surface area contributed by atoms with Crippen molar-refractivity contribution in [1.82, 2.24) is 10.6 Å². The number of hydrogen-bond donors (Lipinski definition) is 2. The van der Waals surface area contributed by atoms with E-state index in [0.717, 1.165) is 22.0 Å². The highest BCUT2D eigenvalue weighted by Crippen LogP contribution is 2.12. The van der Waals surface area contributed by atoms with Gasteiger partial charge in [0.1, 0.15) is 6.04 Å². The molecule has 2 amide bonds. The van der Waals surface area contributed by atoms with Crippen molar-refractivity contribution in [2.45, 2.75) is 32.4 Å². The normalized spacial score (nSPS) is 13.2. The third-order valence-electron chi connectivity index (χ3n) is 3.82. The first-order valence-electron chi connectivity index (χ1n) is 8.52. The molecular formula is C21H23BrN2O2. The molecule has 0 aromatic heterocycles. The van der Waals surface area contributed by atoms with Crippen molar-refractivity contribution >= 4 is 33.8 Å². The lowest BCUT2D eigenvalue weighted by molar-refractivity contribution is -0.127. The number of benzene rings is 2. The number of hydrogen-bond acceptors (Lipinski definition) is 2. The molecule has 0 spiro atoms. The molecule has 2 N–H and O–H groups in total. The second-order valence-corrected chi connectivity index (χ2v) is 7.13. The van der Waals surface area contributed by atoms with Gasteiger partial charge in [-0.05, 0) is 49.6 Å². The Morgan fingerprint density at radius 3 is 2.31 bits per heavy atom. The van der Waals surface area contributed by atoms with Crippen molar-refractivity contribution in [3.8, 4) is 0 Å². The minimum absolute atomic E-state index is 0.0251. The fourth-order valence-corrected chi connectivity index (χ4v) is 2.72. The van der Waals surface area contributed by atoms with Crippen LogP contribution in [0.1, 0.15) is 25.0 Å². The van der Waals surface area contributed by atoms with Crippen LogP contribution in [-0.2, 0) is 16.0 Å². The molecule has 0 aliphatic carbocycles. The van der Waals surface area contributed by atoms with E-state index in [4.69, 9.17) is 0 Å². The predicted molar refractivity (Wildman–Crippen MR) is 109 cm³/mol. The second kappa shape index (κ2) is 9.92. The van der Waals surface area contributed by atoms with Crippen molar-refractivity contribution in [2.75, 3.05) is 0 Å². The van der Waals surface area contributed by atoms with Gasteiger partial charge >= 0.3 is 0 Å². The van der Waals surface area contributed by atoms with Gasteiger partial charge in [0.25, 0.3) is 0 Å². The van der Waals surface area contributed by atoms with E-state index >= 15 is 0 Å². The van der Waals surface area contributed by atoms with E-state index in [1.54, 1.807) is 13.0 Å². The second-order valence-electron chi connectivity index (χ2n) is 6.21. The van der Waals surface area contributed by atoms with Crippen LogP contribution in [0.15, 0.2) is 65.1 Å². The molecule has 2 atom stereocenters. The first-order chi connectivity index (χ1) is 12.4. The summed E-state index contributed by atoms with van der Waals surface area (Å²) >= 11 is 3.41. The number of carbonyl (C=O) groups is 2. The van der Waals surface area contributed by atoms with Crippen molar-refractivity contribution in [3.63, 3.8) is 0 Å². The van der Waals surface area contributed by atoms with Gasteiger partial charge in [0.2, 0.25) is 11.8 Å². The Morgan fingerprint density at radius 2 is 1.65 bits per heavy atom. The smallest absolute Gasteiger partial charge is 0.244 e. The zero-order valence-corrected chi connectivity index (χ0v) is 16.5. The van der Waals surface area contributed by atoms with E-state index in [1.165, 1.54) is 6.08 Å². The Kier molecular flexibility index (Phi) is 7.60. The van der Waals surface area contributed by atoms with Crippen LogP contribution in [0.25, 0.3) is 6.08 Å². The fourth-order valence-electron chi connectivity index (χ4n) is 2.46. The molecule has 5 heteroatoms. The maximum absolute atomic E-state index is 12.3. The number of nitrogens with one attached hydrogen (secondary N) is 2. The van der Waals surface area contributed by atoms with Crippen LogP contribution in [0.5, 0.6) is 0 Å². The van der Waals surface area contributed by atoms with Gasteiger partial charge in [-0.2, -0.15) is 0 Å². The zero-order valence-electron chi connectivity index (χ0n) is 14.9. The Hall–Kier alpha value is -2.40. The molecule has 2 aromatic carbocycles. The summed E-state index contributed by atoms with van der Waals surface area (Å²) in [6, 6.07) is 16.9. The molecular weight excluding hydrogens is 392 g/mol. The van der Waals surface area contributed by atoms with E-state index in [9.17, 15) is 9.59 Å². The monoisotopic (exact) mass is 414 g/mol. The highest BCUT2D eigenvalue weighted by atomic mass is 79.9. The standard InChI is InChI=1S/C21H23BrN2O2/c1-15(14-18-8-11-19(22)12-9-18)23-21(26)16(2)24-20(25)13-10-17-6-4-3-5-7-17/h3-13,15-16H,14H2,1-2H3,(H,23,26)(H,24,25)/b13-10+. The highest BCUT2D eigenvalue weighted by Gasteiger charge is 2.16. The van der Waals surface area contributed by atoms with E-state index in [-0.39, 0.29) is 17.9 Å². The SMILES string of the molecule is CC(Cc1ccc(Br)cc1)NC(=O)C(C)NC(=O)/C=C/c1ccccc1. The van der Waals surface area contributed by atoms with Crippen molar-refractivity contribution in [3.05, 3.63) is 76.3 Å². The van der Waals surface area contributed by atoms with Crippen molar-refractivity contribution in [1.29, 1.82) is 0 Å². The van der Waals surface area contributed by atoms with Crippen LogP contribution in [0.4, 0.5) is 0 Å². The molecule has 0 fully saturated rings. The molecule has 0 saturated carbocycles. The molecule has 2 rings (SSSR count). The largest absolute Gasteiger partial charge is 0.352 e. The minimum atomic E-state index is -0.602. The lowest BCUT2D eigenvalue weighted by atomic mass is 10.1. The Bertz CT molecular complexity index is 757. The first-order valence-corrected chi connectivity index (χ1v) is 9.32. The van der Waals surface area contributed by atoms with Crippen molar-refractivity contribution < 1.29 is 9.59 Å². The lowest BCUT2D eigenvalue weighted by Crippen LogP contribution is -2.47. The third kappa shape index (κ3) is 6.84. The molecule has 0 heterocycles. The van der Waals surface area contributed by atoms with Gasteiger partial charge in [0, 0.05) is 16.6 Å². The van der Waals surface area contributed by atoms with Gasteiger partial charge in [-0.3, -0.25) is 9.59 Å². The lowest BCUT2D eigenvalue weighted by Gasteiger charge is -2.18. The van der Waals surface area contributed by atoms with Gasteiger partial charge in [0.05, 0.1) is 0 Å². The summed E-state index contributed by atoms with van der Waals surface area (Å²) in [6.07, 6.45) is 3.88. The van der Waals surface area contributed by atoms with E-state index < -0.39 is 6.04 Å². The van der Waals surface area contributed by atoms with E-state index in [1.807, 2.05) is 61.5 Å². The summed E-state index contributed by atoms with van der Waals surface area (Å²) in [6.45, 7) is 3.62. The van der Waals surface area contributed by atoms with Gasteiger partial charge in [0.15, 0.2) is 0 Å². The molecule has 0 aliphatic heterocycles. The molecule has 4 nitrogen and oxygen atoms in total. The van der Waals surface area contributed by atoms with Crippen LogP contribution in [0.3, 0.4) is 0 Å². The average Bonchev–Trinajstić information content (AvgIpc) is 2.62. The van der Waals surface area contributed by atoms with Gasteiger partial charge in [-0.25, -0.2) is 0 Å². The number of amides is 2. The molecule has 0 saturated heterocycles. The van der Waals surface area contributed by atoms with Crippen LogP contribution in [0.2, 0.25) is 0 Å². The highest BCUT2D eigenvalue weighted by molar-refractivity contribution is 9.10. The molecule has 2 unspecified atom stereocenters. The quantitative estimate of drug-likeness (QED) is 0.678. The number of rotatable bonds is 7. The summed E-state index contributed by atoms with van der Waals surface area (Å²) in [5.74, 6) is -0.492. The first kappa shape index (κ1) is 19.9. The van der Waals surface area contributed by atoms with Crippen LogP contribution >= 0.6 is 15.9 Å². The van der Waals surface area contributed by atoms with Crippen LogP contribution in [0, 0.1) is 0 Å². The molecule has 2 aromatic rings. The summed E-state index contributed by atoms with van der Waals surface area (Å²) < 4.78 is 1.03. The zero-order chi connectivity index (χ0) is 18.9. The van der Waals surface area contributed by atoms with Crippen molar-refractivity contribution in [2.24, 2.45) is 0 Å². The molecule has 136 valence electrons. The van der Waals surface area contributed by atoms with Crippen LogP contribution in [-0.4, -0.2) is 23.9 Å². The van der Waals surface area contributed by atoms with E-state index in [2.05, 4.69) is 26.6 Å². The third-order valence-corrected chi connectivity index (χ3v) is 4.35. The Balaban J connectivity index is 1.79. The maximum Gasteiger partial charge on any atom is 0.244 e. The summed E-state index contributed by atoms with van der Waals surface area (Å²) in [4.78, 5) is 24.2. The topological polar surface area (TPSA) is 58.2 Å². The summed E-state index contributed by atoms with van der Waals surface area (Å²) in [7, 11) is 0. The molecule has 0 aliphatic rings. The number of halogens is 1. The molecule has 26 heavy (non-hydrogen) atoms. The molecule has 0 radical (unpaired) electrons. The predicted octanol–water partition coefficient (Wildman–Crippen LogP) is 3.71. The van der Waals surface area contributed by atoms with Crippen LogP contribution < -0.4 is 10.6 Å². The number of carbonyl (C=O) groups excluding carboxylic acids is 2. The van der Waals surface area contributed by atoms with Gasteiger partial charge < -0.3 is 10.6 Å².